The van der Waals surface area contributed by atoms with Crippen molar-refractivity contribution >= 4 is 22.8 Å². The molecule has 0 aliphatic rings. The zero-order chi connectivity index (χ0) is 14.8. The molecule has 1 aromatic carbocycles. The molecule has 0 saturated heterocycles. The van der Waals surface area contributed by atoms with Gasteiger partial charge in [0.2, 0.25) is 0 Å². The molecule has 2 N–H and O–H groups in total. The van der Waals surface area contributed by atoms with Crippen molar-refractivity contribution in [2.45, 2.75) is 33.2 Å². The molecule has 0 aliphatic heterocycles. The maximum atomic E-state index is 11.0. The first-order valence-corrected chi connectivity index (χ1v) is 6.56. The summed E-state index contributed by atoms with van der Waals surface area (Å²) in [5.41, 5.74) is 1.43. The minimum Gasteiger partial charge on any atom is -0.481 e. The van der Waals surface area contributed by atoms with Gasteiger partial charge >= 0.3 is 5.97 Å². The van der Waals surface area contributed by atoms with Crippen LogP contribution in [0.1, 0.15) is 27.2 Å². The van der Waals surface area contributed by atoms with Gasteiger partial charge in [-0.25, -0.2) is 4.98 Å². The lowest BCUT2D eigenvalue weighted by Crippen LogP contribution is -2.36. The molecule has 1 atom stereocenters. The lowest BCUT2D eigenvalue weighted by Gasteiger charge is -2.30. The maximum Gasteiger partial charge on any atom is 0.305 e. The summed E-state index contributed by atoms with van der Waals surface area (Å²) in [7, 11) is 0. The van der Waals surface area contributed by atoms with Crippen molar-refractivity contribution in [3.05, 3.63) is 30.5 Å². The average molecular weight is 273 g/mol. The fourth-order valence-electron chi connectivity index (χ4n) is 1.95. The highest BCUT2D eigenvalue weighted by atomic mass is 16.4. The van der Waals surface area contributed by atoms with Gasteiger partial charge in [0.15, 0.2) is 0 Å². The van der Waals surface area contributed by atoms with Crippen LogP contribution in [0.5, 0.6) is 0 Å². The second kappa shape index (κ2) is 5.45. The number of fused-ring (bicyclic) bond motifs is 1. The van der Waals surface area contributed by atoms with Gasteiger partial charge in [0.25, 0.3) is 0 Å². The standard InChI is InChI=1S/C15H19N3O2/c1-15(2,3)12(8-14(19)20)18-13-9-16-10-6-4-5-7-11(10)17-13/h4-7,9,12H,8H2,1-3H3,(H,17,18)(H,19,20). The van der Waals surface area contributed by atoms with E-state index in [1.54, 1.807) is 6.20 Å². The molecule has 0 bridgehead atoms. The number of carboxylic acid groups (broad SMARTS) is 1. The van der Waals surface area contributed by atoms with E-state index in [9.17, 15) is 4.79 Å². The predicted molar refractivity (Wildman–Crippen MR) is 78.7 cm³/mol. The summed E-state index contributed by atoms with van der Waals surface area (Å²) in [5.74, 6) is -0.226. The number of nitrogens with zero attached hydrogens (tertiary/aromatic N) is 2. The molecule has 0 spiro atoms. The highest BCUT2D eigenvalue weighted by Crippen LogP contribution is 2.25. The average Bonchev–Trinajstić information content (AvgIpc) is 2.36. The number of anilines is 1. The van der Waals surface area contributed by atoms with Crippen LogP contribution in [0, 0.1) is 5.41 Å². The van der Waals surface area contributed by atoms with E-state index in [-0.39, 0.29) is 17.9 Å². The van der Waals surface area contributed by atoms with Crippen LogP contribution in [-0.2, 0) is 4.79 Å². The van der Waals surface area contributed by atoms with Gasteiger partial charge in [0.1, 0.15) is 5.82 Å². The molecule has 5 nitrogen and oxygen atoms in total. The Labute approximate surface area is 118 Å². The molecule has 0 radical (unpaired) electrons. The molecule has 106 valence electrons. The molecule has 0 fully saturated rings. The van der Waals surface area contributed by atoms with E-state index < -0.39 is 5.97 Å². The number of hydrogen-bond acceptors (Lipinski definition) is 4. The molecule has 0 amide bonds. The summed E-state index contributed by atoms with van der Waals surface area (Å²) < 4.78 is 0. The van der Waals surface area contributed by atoms with Crippen LogP contribution in [0.15, 0.2) is 30.5 Å². The Morgan fingerprint density at radius 1 is 1.30 bits per heavy atom. The molecule has 1 heterocycles. The van der Waals surface area contributed by atoms with Gasteiger partial charge in [-0.3, -0.25) is 9.78 Å². The molecule has 1 aromatic heterocycles. The zero-order valence-electron chi connectivity index (χ0n) is 11.9. The van der Waals surface area contributed by atoms with E-state index in [1.807, 2.05) is 45.0 Å². The molecule has 0 saturated carbocycles. The first kappa shape index (κ1) is 14.2. The van der Waals surface area contributed by atoms with Crippen molar-refractivity contribution in [3.8, 4) is 0 Å². The Bertz CT molecular complexity index is 620. The van der Waals surface area contributed by atoms with Crippen LogP contribution < -0.4 is 5.32 Å². The number of para-hydroxylation sites is 2. The zero-order valence-corrected chi connectivity index (χ0v) is 11.9. The van der Waals surface area contributed by atoms with Gasteiger partial charge in [0.05, 0.1) is 23.7 Å². The fourth-order valence-corrected chi connectivity index (χ4v) is 1.95. The highest BCUT2D eigenvalue weighted by Gasteiger charge is 2.27. The van der Waals surface area contributed by atoms with Crippen molar-refractivity contribution in [2.24, 2.45) is 5.41 Å². The smallest absolute Gasteiger partial charge is 0.305 e. The second-order valence-electron chi connectivity index (χ2n) is 5.90. The van der Waals surface area contributed by atoms with Crippen molar-refractivity contribution in [3.63, 3.8) is 0 Å². The van der Waals surface area contributed by atoms with Crippen LogP contribution in [-0.4, -0.2) is 27.1 Å². The van der Waals surface area contributed by atoms with Crippen molar-refractivity contribution in [1.82, 2.24) is 9.97 Å². The monoisotopic (exact) mass is 273 g/mol. The normalized spacial score (nSPS) is 13.2. The summed E-state index contributed by atoms with van der Waals surface area (Å²) in [6.45, 7) is 6.01. The number of aliphatic carboxylic acids is 1. The first-order valence-electron chi connectivity index (χ1n) is 6.56. The summed E-state index contributed by atoms with van der Waals surface area (Å²) in [6, 6.07) is 7.38. The molecule has 20 heavy (non-hydrogen) atoms. The number of carbonyl (C=O) groups is 1. The summed E-state index contributed by atoms with van der Waals surface area (Å²) in [5, 5.41) is 12.2. The molecule has 2 rings (SSSR count). The Morgan fingerprint density at radius 2 is 1.95 bits per heavy atom. The Morgan fingerprint density at radius 3 is 2.55 bits per heavy atom. The van der Waals surface area contributed by atoms with Gasteiger partial charge < -0.3 is 10.4 Å². The minimum atomic E-state index is -0.828. The topological polar surface area (TPSA) is 75.1 Å². The Kier molecular flexibility index (Phi) is 3.88. The van der Waals surface area contributed by atoms with Gasteiger partial charge in [-0.1, -0.05) is 32.9 Å². The lowest BCUT2D eigenvalue weighted by atomic mass is 9.85. The number of hydrogen-bond donors (Lipinski definition) is 2. The third-order valence-electron chi connectivity index (χ3n) is 3.19. The number of nitrogens with one attached hydrogen (secondary N) is 1. The van der Waals surface area contributed by atoms with E-state index in [1.165, 1.54) is 0 Å². The number of benzene rings is 1. The van der Waals surface area contributed by atoms with Gasteiger partial charge in [-0.2, -0.15) is 0 Å². The Balaban J connectivity index is 2.26. The number of carboxylic acids is 1. The quantitative estimate of drug-likeness (QED) is 0.895. The van der Waals surface area contributed by atoms with Crippen molar-refractivity contribution < 1.29 is 9.90 Å². The third kappa shape index (κ3) is 3.44. The van der Waals surface area contributed by atoms with Gasteiger partial charge in [0, 0.05) is 6.04 Å². The van der Waals surface area contributed by atoms with Crippen LogP contribution in [0.3, 0.4) is 0 Å². The van der Waals surface area contributed by atoms with Crippen molar-refractivity contribution in [2.75, 3.05) is 5.32 Å². The molecular formula is C15H19N3O2. The van der Waals surface area contributed by atoms with E-state index in [2.05, 4.69) is 15.3 Å². The first-order chi connectivity index (χ1) is 9.36. The van der Waals surface area contributed by atoms with Crippen LogP contribution in [0.25, 0.3) is 11.0 Å². The third-order valence-corrected chi connectivity index (χ3v) is 3.19. The van der Waals surface area contributed by atoms with E-state index >= 15 is 0 Å². The maximum absolute atomic E-state index is 11.0. The van der Waals surface area contributed by atoms with Gasteiger partial charge in [-0.05, 0) is 17.5 Å². The van der Waals surface area contributed by atoms with E-state index in [0.717, 1.165) is 11.0 Å². The van der Waals surface area contributed by atoms with Crippen LogP contribution in [0.2, 0.25) is 0 Å². The largest absolute Gasteiger partial charge is 0.481 e. The van der Waals surface area contributed by atoms with Crippen molar-refractivity contribution in [1.29, 1.82) is 0 Å². The number of aromatic nitrogens is 2. The predicted octanol–water partition coefficient (Wildman–Crippen LogP) is 2.93. The lowest BCUT2D eigenvalue weighted by molar-refractivity contribution is -0.137. The van der Waals surface area contributed by atoms with E-state index in [0.29, 0.717) is 5.82 Å². The van der Waals surface area contributed by atoms with Crippen LogP contribution >= 0.6 is 0 Å². The second-order valence-corrected chi connectivity index (χ2v) is 5.90. The molecule has 5 heteroatoms. The molecule has 0 aliphatic carbocycles. The summed E-state index contributed by atoms with van der Waals surface area (Å²) >= 11 is 0. The summed E-state index contributed by atoms with van der Waals surface area (Å²) in [6.07, 6.45) is 1.68. The van der Waals surface area contributed by atoms with E-state index in [4.69, 9.17) is 5.11 Å². The van der Waals surface area contributed by atoms with Crippen LogP contribution in [0.4, 0.5) is 5.82 Å². The van der Waals surface area contributed by atoms with Gasteiger partial charge in [-0.15, -0.1) is 0 Å². The highest BCUT2D eigenvalue weighted by molar-refractivity contribution is 5.75. The SMILES string of the molecule is CC(C)(C)C(CC(=O)O)Nc1cnc2ccccc2n1. The molecule has 1 unspecified atom stereocenters. The Hall–Kier alpha value is -2.17. The molecular weight excluding hydrogens is 254 g/mol. The molecule has 2 aromatic rings. The number of rotatable bonds is 4. The minimum absolute atomic E-state index is 0.0397. The summed E-state index contributed by atoms with van der Waals surface area (Å²) in [4.78, 5) is 19.8. The fraction of sp³-hybridized carbons (Fsp3) is 0.400.